The summed E-state index contributed by atoms with van der Waals surface area (Å²) in [5, 5.41) is 8.98. The van der Waals surface area contributed by atoms with Crippen LogP contribution in [0.2, 0.25) is 0 Å². The van der Waals surface area contributed by atoms with Gasteiger partial charge >= 0.3 is 0 Å². The van der Waals surface area contributed by atoms with Gasteiger partial charge in [0.1, 0.15) is 0 Å². The Labute approximate surface area is 113 Å². The molecule has 2 rings (SSSR count). The summed E-state index contributed by atoms with van der Waals surface area (Å²) in [6, 6.07) is 7.88. The maximum absolute atomic E-state index is 12.0. The van der Waals surface area contributed by atoms with E-state index in [1.54, 1.807) is 0 Å². The zero-order valence-electron chi connectivity index (χ0n) is 11.4. The molecule has 0 saturated heterocycles. The number of amides is 1. The fourth-order valence-electron chi connectivity index (χ4n) is 2.38. The number of carbonyl (C=O) groups is 1. The van der Waals surface area contributed by atoms with E-state index >= 15 is 0 Å². The second-order valence-corrected chi connectivity index (χ2v) is 5.71. The molecule has 0 radical (unpaired) electrons. The van der Waals surface area contributed by atoms with Crippen LogP contribution in [0.5, 0.6) is 0 Å². The first-order valence-corrected chi connectivity index (χ1v) is 6.53. The number of benzene rings is 1. The van der Waals surface area contributed by atoms with E-state index < -0.39 is 0 Å². The van der Waals surface area contributed by atoms with Crippen LogP contribution in [0, 0.1) is 16.7 Å². The minimum atomic E-state index is -0.327. The van der Waals surface area contributed by atoms with Crippen LogP contribution in [0.25, 0.3) is 0 Å². The Hall–Kier alpha value is -2.02. The van der Waals surface area contributed by atoms with Crippen LogP contribution in [0.1, 0.15) is 32.3 Å². The number of carbonyl (C=O) groups excluding carboxylic acids is 1. The molecule has 0 spiro atoms. The standard InChI is InChI=1S/C15H19N3O/c1-15(2,10-16)6-3-7-18-13-5-4-12(17)8-11(13)9-14(18)19/h4-5,8H,3,6-7,9,17H2,1-2H3. The van der Waals surface area contributed by atoms with Gasteiger partial charge in [0.2, 0.25) is 5.91 Å². The minimum absolute atomic E-state index is 0.121. The van der Waals surface area contributed by atoms with Gasteiger partial charge in [0.05, 0.1) is 17.9 Å². The summed E-state index contributed by atoms with van der Waals surface area (Å²) < 4.78 is 0. The number of nitrogens with two attached hydrogens (primary N) is 1. The molecule has 2 N–H and O–H groups in total. The Kier molecular flexibility index (Phi) is 3.48. The first-order chi connectivity index (χ1) is 8.93. The van der Waals surface area contributed by atoms with E-state index in [1.165, 1.54) is 0 Å². The molecular weight excluding hydrogens is 238 g/mol. The number of nitrogens with zero attached hydrogens (tertiary/aromatic N) is 2. The highest BCUT2D eigenvalue weighted by atomic mass is 16.2. The van der Waals surface area contributed by atoms with Gasteiger partial charge in [-0.05, 0) is 50.5 Å². The van der Waals surface area contributed by atoms with E-state index in [-0.39, 0.29) is 11.3 Å². The molecule has 19 heavy (non-hydrogen) atoms. The van der Waals surface area contributed by atoms with Gasteiger partial charge < -0.3 is 10.6 Å². The first-order valence-electron chi connectivity index (χ1n) is 6.53. The molecule has 1 aliphatic heterocycles. The molecule has 4 nitrogen and oxygen atoms in total. The van der Waals surface area contributed by atoms with Crippen LogP contribution in [-0.4, -0.2) is 12.5 Å². The quantitative estimate of drug-likeness (QED) is 0.842. The van der Waals surface area contributed by atoms with E-state index in [0.29, 0.717) is 18.7 Å². The van der Waals surface area contributed by atoms with Crippen molar-refractivity contribution in [3.63, 3.8) is 0 Å². The van der Waals surface area contributed by atoms with Gasteiger partial charge in [0, 0.05) is 17.9 Å². The second kappa shape index (κ2) is 4.93. The number of nitrogen functional groups attached to an aromatic ring is 1. The third-order valence-electron chi connectivity index (χ3n) is 3.52. The average Bonchev–Trinajstić information content (AvgIpc) is 2.65. The molecule has 1 aromatic rings. The lowest BCUT2D eigenvalue weighted by atomic mass is 9.90. The van der Waals surface area contributed by atoms with Gasteiger partial charge in [-0.15, -0.1) is 0 Å². The number of hydrogen-bond acceptors (Lipinski definition) is 3. The SMILES string of the molecule is CC(C)(C#N)CCCN1C(=O)Cc2cc(N)ccc21. The normalized spacial score (nSPS) is 14.4. The largest absolute Gasteiger partial charge is 0.399 e. The van der Waals surface area contributed by atoms with Crippen molar-refractivity contribution in [3.05, 3.63) is 23.8 Å². The lowest BCUT2D eigenvalue weighted by Gasteiger charge is -2.20. The van der Waals surface area contributed by atoms with Crippen LogP contribution in [0.3, 0.4) is 0 Å². The topological polar surface area (TPSA) is 70.1 Å². The Morgan fingerprint density at radius 1 is 1.47 bits per heavy atom. The van der Waals surface area contributed by atoms with Crippen molar-refractivity contribution in [2.24, 2.45) is 5.41 Å². The number of rotatable bonds is 4. The van der Waals surface area contributed by atoms with Crippen molar-refractivity contribution in [1.29, 1.82) is 5.26 Å². The van der Waals surface area contributed by atoms with Crippen molar-refractivity contribution in [1.82, 2.24) is 0 Å². The Morgan fingerprint density at radius 3 is 2.89 bits per heavy atom. The fraction of sp³-hybridized carbons (Fsp3) is 0.467. The van der Waals surface area contributed by atoms with Crippen molar-refractivity contribution in [3.8, 4) is 6.07 Å². The highest BCUT2D eigenvalue weighted by Gasteiger charge is 2.27. The summed E-state index contributed by atoms with van der Waals surface area (Å²) in [6.45, 7) is 4.52. The van der Waals surface area contributed by atoms with Gasteiger partial charge in [0.15, 0.2) is 0 Å². The van der Waals surface area contributed by atoms with E-state index in [2.05, 4.69) is 6.07 Å². The molecular formula is C15H19N3O. The van der Waals surface area contributed by atoms with Crippen LogP contribution >= 0.6 is 0 Å². The van der Waals surface area contributed by atoms with E-state index in [1.807, 2.05) is 36.9 Å². The molecule has 0 bridgehead atoms. The molecule has 1 aromatic carbocycles. The van der Waals surface area contributed by atoms with Crippen LogP contribution in [0.15, 0.2) is 18.2 Å². The maximum atomic E-state index is 12.0. The molecule has 0 unspecified atom stereocenters. The van der Waals surface area contributed by atoms with Gasteiger partial charge in [-0.3, -0.25) is 4.79 Å². The Balaban J connectivity index is 2.03. The Morgan fingerprint density at radius 2 is 2.21 bits per heavy atom. The molecule has 1 amide bonds. The van der Waals surface area contributed by atoms with Gasteiger partial charge in [-0.25, -0.2) is 0 Å². The molecule has 0 fully saturated rings. The fourth-order valence-corrected chi connectivity index (χ4v) is 2.38. The Bertz CT molecular complexity index is 543. The molecule has 0 aromatic heterocycles. The number of fused-ring (bicyclic) bond motifs is 1. The lowest BCUT2D eigenvalue weighted by Crippen LogP contribution is -2.28. The van der Waals surface area contributed by atoms with Crippen molar-refractivity contribution < 1.29 is 4.79 Å². The zero-order valence-corrected chi connectivity index (χ0v) is 11.4. The highest BCUT2D eigenvalue weighted by molar-refractivity contribution is 6.01. The smallest absolute Gasteiger partial charge is 0.231 e. The van der Waals surface area contributed by atoms with Crippen molar-refractivity contribution in [2.45, 2.75) is 33.1 Å². The summed E-state index contributed by atoms with van der Waals surface area (Å²) in [6.07, 6.45) is 2.05. The van der Waals surface area contributed by atoms with Crippen molar-refractivity contribution >= 4 is 17.3 Å². The van der Waals surface area contributed by atoms with Crippen LogP contribution in [0.4, 0.5) is 11.4 Å². The van der Waals surface area contributed by atoms with E-state index in [9.17, 15) is 4.79 Å². The zero-order chi connectivity index (χ0) is 14.0. The molecule has 0 atom stereocenters. The van der Waals surface area contributed by atoms with E-state index in [0.717, 1.165) is 24.1 Å². The average molecular weight is 257 g/mol. The summed E-state index contributed by atoms with van der Waals surface area (Å²) in [7, 11) is 0. The number of anilines is 2. The predicted molar refractivity (Wildman–Crippen MR) is 75.5 cm³/mol. The summed E-state index contributed by atoms with van der Waals surface area (Å²) in [4.78, 5) is 13.8. The van der Waals surface area contributed by atoms with E-state index in [4.69, 9.17) is 11.0 Å². The molecule has 1 heterocycles. The van der Waals surface area contributed by atoms with Crippen LogP contribution in [-0.2, 0) is 11.2 Å². The summed E-state index contributed by atoms with van der Waals surface area (Å²) in [5.41, 5.74) is 8.07. The number of hydrogen-bond donors (Lipinski definition) is 1. The molecule has 1 aliphatic rings. The molecule has 0 aliphatic carbocycles. The van der Waals surface area contributed by atoms with Gasteiger partial charge in [-0.2, -0.15) is 5.26 Å². The minimum Gasteiger partial charge on any atom is -0.399 e. The monoisotopic (exact) mass is 257 g/mol. The van der Waals surface area contributed by atoms with Gasteiger partial charge in [-0.1, -0.05) is 0 Å². The molecule has 100 valence electrons. The first kappa shape index (κ1) is 13.4. The maximum Gasteiger partial charge on any atom is 0.231 e. The van der Waals surface area contributed by atoms with Crippen LogP contribution < -0.4 is 10.6 Å². The second-order valence-electron chi connectivity index (χ2n) is 5.71. The predicted octanol–water partition coefficient (Wildman–Crippen LogP) is 2.49. The lowest BCUT2D eigenvalue weighted by molar-refractivity contribution is -0.117. The van der Waals surface area contributed by atoms with Gasteiger partial charge in [0.25, 0.3) is 0 Å². The third-order valence-corrected chi connectivity index (χ3v) is 3.52. The summed E-state index contributed by atoms with van der Waals surface area (Å²) >= 11 is 0. The van der Waals surface area contributed by atoms with Crippen molar-refractivity contribution in [2.75, 3.05) is 17.2 Å². The highest BCUT2D eigenvalue weighted by Crippen LogP contribution is 2.31. The molecule has 0 saturated carbocycles. The third kappa shape index (κ3) is 2.87. The summed E-state index contributed by atoms with van der Waals surface area (Å²) in [5.74, 6) is 0.121. The molecule has 4 heteroatoms. The number of nitriles is 1.